The molecule has 3 rings (SSSR count). The average molecular weight is 260 g/mol. The molecule has 0 atom stereocenters. The second-order valence-electron chi connectivity index (χ2n) is 5.06. The molecule has 19 heavy (non-hydrogen) atoms. The van der Waals surface area contributed by atoms with Crippen LogP contribution in [0.4, 0.5) is 0 Å². The molecule has 1 saturated heterocycles. The highest BCUT2D eigenvalue weighted by Gasteiger charge is 2.12. The van der Waals surface area contributed by atoms with Crippen LogP contribution in [0.1, 0.15) is 25.1 Å². The molecule has 0 saturated carbocycles. The van der Waals surface area contributed by atoms with E-state index < -0.39 is 0 Å². The highest BCUT2D eigenvalue weighted by Crippen LogP contribution is 2.14. The largest absolute Gasteiger partial charge is 0.497 e. The molecule has 0 N–H and O–H groups in total. The average Bonchev–Trinajstić information content (AvgIpc) is 2.88. The number of piperidine rings is 1. The summed E-state index contributed by atoms with van der Waals surface area (Å²) in [7, 11) is 1.67. The summed E-state index contributed by atoms with van der Waals surface area (Å²) in [5.41, 5.74) is 0.855. The Bertz CT molecular complexity index is 545. The van der Waals surface area contributed by atoms with Gasteiger partial charge in [0.15, 0.2) is 5.65 Å². The third-order valence-electron chi connectivity index (χ3n) is 3.79. The van der Waals surface area contributed by atoms with Crippen LogP contribution in [-0.4, -0.2) is 46.2 Å². The number of fused-ring (bicyclic) bond motifs is 1. The number of hydrogen-bond donors (Lipinski definition) is 0. The number of methoxy groups -OCH3 is 1. The standard InChI is InChI=1S/C14H20N4O/c1-19-12-5-10-18-13(15-16-14(18)11-12)6-9-17-7-3-2-4-8-17/h5,10-11H,2-4,6-9H2,1H3. The Balaban J connectivity index is 1.70. The van der Waals surface area contributed by atoms with Gasteiger partial charge < -0.3 is 9.64 Å². The first kappa shape index (κ1) is 12.4. The molecule has 0 radical (unpaired) electrons. The van der Waals surface area contributed by atoms with E-state index in [4.69, 9.17) is 4.74 Å². The van der Waals surface area contributed by atoms with Crippen LogP contribution >= 0.6 is 0 Å². The number of pyridine rings is 1. The smallest absolute Gasteiger partial charge is 0.164 e. The topological polar surface area (TPSA) is 42.7 Å². The zero-order valence-corrected chi connectivity index (χ0v) is 11.4. The first-order valence-corrected chi connectivity index (χ1v) is 6.97. The van der Waals surface area contributed by atoms with Gasteiger partial charge in [0.25, 0.3) is 0 Å². The summed E-state index contributed by atoms with van der Waals surface area (Å²) in [5, 5.41) is 8.49. The molecule has 0 aliphatic carbocycles. The predicted molar refractivity (Wildman–Crippen MR) is 73.5 cm³/mol. The van der Waals surface area contributed by atoms with E-state index in [0.717, 1.165) is 30.2 Å². The van der Waals surface area contributed by atoms with Gasteiger partial charge in [0.2, 0.25) is 0 Å². The molecule has 3 heterocycles. The number of aromatic nitrogens is 3. The van der Waals surface area contributed by atoms with Crippen LogP contribution in [0, 0.1) is 0 Å². The Morgan fingerprint density at radius 3 is 2.84 bits per heavy atom. The summed E-state index contributed by atoms with van der Waals surface area (Å²) in [6, 6.07) is 3.86. The highest BCUT2D eigenvalue weighted by molar-refractivity contribution is 5.44. The van der Waals surface area contributed by atoms with Gasteiger partial charge in [0.1, 0.15) is 11.6 Å². The third kappa shape index (κ3) is 2.71. The van der Waals surface area contributed by atoms with E-state index in [0.29, 0.717) is 0 Å². The van der Waals surface area contributed by atoms with Gasteiger partial charge in [-0.1, -0.05) is 6.42 Å². The normalized spacial score (nSPS) is 16.9. The summed E-state index contributed by atoms with van der Waals surface area (Å²) >= 11 is 0. The molecular formula is C14H20N4O. The zero-order valence-electron chi connectivity index (χ0n) is 11.4. The van der Waals surface area contributed by atoms with Gasteiger partial charge in [-0.3, -0.25) is 4.40 Å². The molecule has 1 aliphatic rings. The van der Waals surface area contributed by atoms with Crippen LogP contribution in [0.5, 0.6) is 5.75 Å². The molecule has 0 spiro atoms. The Labute approximate surface area is 113 Å². The number of likely N-dealkylation sites (tertiary alicyclic amines) is 1. The van der Waals surface area contributed by atoms with E-state index in [1.54, 1.807) is 7.11 Å². The van der Waals surface area contributed by atoms with Gasteiger partial charge in [0.05, 0.1) is 7.11 Å². The van der Waals surface area contributed by atoms with Crippen LogP contribution in [-0.2, 0) is 6.42 Å². The van der Waals surface area contributed by atoms with Crippen LogP contribution in [0.3, 0.4) is 0 Å². The van der Waals surface area contributed by atoms with E-state index in [1.165, 1.54) is 32.4 Å². The Hall–Kier alpha value is -1.62. The molecule has 2 aromatic heterocycles. The molecule has 5 heteroatoms. The van der Waals surface area contributed by atoms with Crippen LogP contribution in [0.25, 0.3) is 5.65 Å². The second kappa shape index (κ2) is 5.57. The predicted octanol–water partition coefficient (Wildman–Crippen LogP) is 1.77. The van der Waals surface area contributed by atoms with Crippen LogP contribution in [0.2, 0.25) is 0 Å². The van der Waals surface area contributed by atoms with Crippen molar-refractivity contribution in [1.29, 1.82) is 0 Å². The lowest BCUT2D eigenvalue weighted by Crippen LogP contribution is -2.31. The van der Waals surface area contributed by atoms with Crippen molar-refractivity contribution in [3.63, 3.8) is 0 Å². The van der Waals surface area contributed by atoms with Gasteiger partial charge in [-0.15, -0.1) is 10.2 Å². The van der Waals surface area contributed by atoms with Crippen LogP contribution in [0.15, 0.2) is 18.3 Å². The summed E-state index contributed by atoms with van der Waals surface area (Å²) in [6.45, 7) is 3.53. The highest BCUT2D eigenvalue weighted by atomic mass is 16.5. The second-order valence-corrected chi connectivity index (χ2v) is 5.06. The van der Waals surface area contributed by atoms with E-state index >= 15 is 0 Å². The summed E-state index contributed by atoms with van der Waals surface area (Å²) in [4.78, 5) is 2.52. The molecule has 1 aliphatic heterocycles. The molecule has 0 amide bonds. The fourth-order valence-corrected chi connectivity index (χ4v) is 2.66. The Kier molecular flexibility index (Phi) is 3.64. The maximum absolute atomic E-state index is 5.20. The van der Waals surface area contributed by atoms with Crippen molar-refractivity contribution in [2.75, 3.05) is 26.7 Å². The van der Waals surface area contributed by atoms with Crippen LogP contribution < -0.4 is 4.74 Å². The molecule has 1 fully saturated rings. The van der Waals surface area contributed by atoms with Gasteiger partial charge in [-0.05, 0) is 32.0 Å². The number of rotatable bonds is 4. The number of hydrogen-bond acceptors (Lipinski definition) is 4. The minimum Gasteiger partial charge on any atom is -0.497 e. The number of nitrogens with zero attached hydrogens (tertiary/aromatic N) is 4. The van der Waals surface area contributed by atoms with Gasteiger partial charge in [0, 0.05) is 25.2 Å². The van der Waals surface area contributed by atoms with E-state index in [-0.39, 0.29) is 0 Å². The van der Waals surface area contributed by atoms with Gasteiger partial charge in [-0.25, -0.2) is 0 Å². The van der Waals surface area contributed by atoms with E-state index in [9.17, 15) is 0 Å². The number of ether oxygens (including phenoxy) is 1. The van der Waals surface area contributed by atoms with Gasteiger partial charge in [-0.2, -0.15) is 0 Å². The molecular weight excluding hydrogens is 240 g/mol. The minimum absolute atomic E-state index is 0.822. The lowest BCUT2D eigenvalue weighted by molar-refractivity contribution is 0.230. The third-order valence-corrected chi connectivity index (χ3v) is 3.79. The molecule has 0 unspecified atom stereocenters. The van der Waals surface area contributed by atoms with Crippen molar-refractivity contribution >= 4 is 5.65 Å². The Morgan fingerprint density at radius 2 is 2.05 bits per heavy atom. The van der Waals surface area contributed by atoms with E-state index in [2.05, 4.69) is 15.1 Å². The van der Waals surface area contributed by atoms with E-state index in [1.807, 2.05) is 22.7 Å². The molecule has 2 aromatic rings. The summed E-state index contributed by atoms with van der Waals surface area (Å²) < 4.78 is 7.25. The first-order chi connectivity index (χ1) is 9.36. The summed E-state index contributed by atoms with van der Waals surface area (Å²) in [6.07, 6.45) is 6.98. The lowest BCUT2D eigenvalue weighted by atomic mass is 10.1. The molecule has 0 bridgehead atoms. The Morgan fingerprint density at radius 1 is 1.21 bits per heavy atom. The summed E-state index contributed by atoms with van der Waals surface area (Å²) in [5.74, 6) is 1.85. The molecule has 102 valence electrons. The molecule has 0 aromatic carbocycles. The molecule has 5 nitrogen and oxygen atoms in total. The maximum Gasteiger partial charge on any atom is 0.164 e. The fraction of sp³-hybridized carbons (Fsp3) is 0.571. The monoisotopic (exact) mass is 260 g/mol. The maximum atomic E-state index is 5.20. The zero-order chi connectivity index (χ0) is 13.1. The lowest BCUT2D eigenvalue weighted by Gasteiger charge is -2.25. The SMILES string of the molecule is COc1ccn2c(CCN3CCCCC3)nnc2c1. The van der Waals surface area contributed by atoms with Crippen molar-refractivity contribution in [2.45, 2.75) is 25.7 Å². The minimum atomic E-state index is 0.822. The van der Waals surface area contributed by atoms with Gasteiger partial charge >= 0.3 is 0 Å². The van der Waals surface area contributed by atoms with Crippen molar-refractivity contribution in [3.05, 3.63) is 24.2 Å². The van der Waals surface area contributed by atoms with Crippen molar-refractivity contribution in [2.24, 2.45) is 0 Å². The van der Waals surface area contributed by atoms with Crippen molar-refractivity contribution in [1.82, 2.24) is 19.5 Å². The fourth-order valence-electron chi connectivity index (χ4n) is 2.66. The van der Waals surface area contributed by atoms with Crippen molar-refractivity contribution in [3.8, 4) is 5.75 Å². The van der Waals surface area contributed by atoms with Crippen molar-refractivity contribution < 1.29 is 4.74 Å². The quantitative estimate of drug-likeness (QED) is 0.840. The first-order valence-electron chi connectivity index (χ1n) is 6.97.